The van der Waals surface area contributed by atoms with Crippen LogP contribution in [-0.4, -0.2) is 13.1 Å². The fraction of sp³-hybridized carbons (Fsp3) is 0.846. The summed E-state index contributed by atoms with van der Waals surface area (Å²) < 4.78 is 0. The molecule has 0 bridgehead atoms. The molecule has 0 atom stereocenters. The van der Waals surface area contributed by atoms with E-state index in [4.69, 9.17) is 0 Å². The van der Waals surface area contributed by atoms with E-state index in [1.807, 2.05) is 0 Å². The lowest BCUT2D eigenvalue weighted by Crippen LogP contribution is -2.30. The number of rotatable bonds is 7. The van der Waals surface area contributed by atoms with Crippen LogP contribution >= 0.6 is 0 Å². The van der Waals surface area contributed by atoms with Crippen molar-refractivity contribution in [3.63, 3.8) is 0 Å². The fourth-order valence-corrected chi connectivity index (χ4v) is 1.81. The fourth-order valence-electron chi connectivity index (χ4n) is 1.81. The molecule has 0 amide bonds. The minimum Gasteiger partial charge on any atom is -0.316 e. The molecule has 0 aromatic carbocycles. The summed E-state index contributed by atoms with van der Waals surface area (Å²) in [6.45, 7) is 17.4. The van der Waals surface area contributed by atoms with Crippen molar-refractivity contribution in [1.29, 1.82) is 0 Å². The highest BCUT2D eigenvalue weighted by atomic mass is 14.9. The predicted molar refractivity (Wildman–Crippen MR) is 65.5 cm³/mol. The molecule has 0 fully saturated rings. The maximum atomic E-state index is 3.90. The predicted octanol–water partition coefficient (Wildman–Crippen LogP) is 3.47. The van der Waals surface area contributed by atoms with Crippen LogP contribution in [-0.2, 0) is 0 Å². The Labute approximate surface area is 90.0 Å². The molecular formula is C13H27N. The zero-order valence-electron chi connectivity index (χ0n) is 10.6. The molecule has 1 heteroatoms. The van der Waals surface area contributed by atoms with E-state index >= 15 is 0 Å². The van der Waals surface area contributed by atoms with Gasteiger partial charge in [0.1, 0.15) is 0 Å². The third-order valence-corrected chi connectivity index (χ3v) is 2.82. The quantitative estimate of drug-likeness (QED) is 0.487. The summed E-state index contributed by atoms with van der Waals surface area (Å²) in [5.74, 6) is 2.33. The Bertz CT molecular complexity index is 151. The first-order valence-corrected chi connectivity index (χ1v) is 5.80. The Morgan fingerprint density at radius 3 is 2.00 bits per heavy atom. The molecule has 0 aliphatic heterocycles. The highest BCUT2D eigenvalue weighted by Gasteiger charge is 2.16. The van der Waals surface area contributed by atoms with Crippen molar-refractivity contribution in [3.05, 3.63) is 12.2 Å². The van der Waals surface area contributed by atoms with Crippen LogP contribution in [0.5, 0.6) is 0 Å². The maximum Gasteiger partial charge on any atom is -0.00117 e. The molecule has 1 N–H and O–H groups in total. The van der Waals surface area contributed by atoms with Crippen LogP contribution in [0.15, 0.2) is 12.2 Å². The summed E-state index contributed by atoms with van der Waals surface area (Å²) in [6, 6.07) is 0. The van der Waals surface area contributed by atoms with Gasteiger partial charge in [0, 0.05) is 0 Å². The molecule has 0 aromatic rings. The SMILES string of the molecule is C=C(C)CCNCC(C(C)C)C(C)C. The van der Waals surface area contributed by atoms with Crippen LogP contribution in [0.25, 0.3) is 0 Å². The van der Waals surface area contributed by atoms with E-state index in [-0.39, 0.29) is 0 Å². The van der Waals surface area contributed by atoms with Gasteiger partial charge in [-0.3, -0.25) is 0 Å². The Hall–Kier alpha value is -0.300. The highest BCUT2D eigenvalue weighted by Crippen LogP contribution is 2.19. The van der Waals surface area contributed by atoms with E-state index in [9.17, 15) is 0 Å². The molecule has 0 aromatic heterocycles. The second kappa shape index (κ2) is 7.05. The normalized spacial score (nSPS) is 11.7. The Morgan fingerprint density at radius 2 is 1.64 bits per heavy atom. The number of nitrogens with one attached hydrogen (secondary N) is 1. The van der Waals surface area contributed by atoms with Crippen LogP contribution in [0.3, 0.4) is 0 Å². The summed E-state index contributed by atoms with van der Waals surface area (Å²) in [5.41, 5.74) is 1.27. The van der Waals surface area contributed by atoms with Crippen molar-refractivity contribution in [1.82, 2.24) is 5.32 Å². The van der Waals surface area contributed by atoms with Gasteiger partial charge in [0.25, 0.3) is 0 Å². The molecule has 0 aliphatic carbocycles. The van der Waals surface area contributed by atoms with E-state index in [0.717, 1.165) is 37.3 Å². The number of hydrogen-bond acceptors (Lipinski definition) is 1. The van der Waals surface area contributed by atoms with Crippen LogP contribution < -0.4 is 5.32 Å². The first-order chi connectivity index (χ1) is 6.45. The van der Waals surface area contributed by atoms with E-state index in [1.54, 1.807) is 0 Å². The van der Waals surface area contributed by atoms with E-state index in [0.29, 0.717) is 0 Å². The average Bonchev–Trinajstić information content (AvgIpc) is 2.01. The molecular weight excluding hydrogens is 170 g/mol. The zero-order valence-corrected chi connectivity index (χ0v) is 10.6. The molecule has 0 rings (SSSR count). The molecule has 0 aliphatic rings. The van der Waals surface area contributed by atoms with Gasteiger partial charge in [0.05, 0.1) is 0 Å². The van der Waals surface area contributed by atoms with Crippen molar-refractivity contribution >= 4 is 0 Å². The van der Waals surface area contributed by atoms with Crippen molar-refractivity contribution in [2.45, 2.75) is 41.0 Å². The van der Waals surface area contributed by atoms with Gasteiger partial charge < -0.3 is 5.32 Å². The summed E-state index contributed by atoms with van der Waals surface area (Å²) in [5, 5.41) is 3.52. The zero-order chi connectivity index (χ0) is 11.1. The monoisotopic (exact) mass is 197 g/mol. The second-order valence-electron chi connectivity index (χ2n) is 5.06. The van der Waals surface area contributed by atoms with Gasteiger partial charge in [-0.05, 0) is 44.2 Å². The average molecular weight is 197 g/mol. The van der Waals surface area contributed by atoms with Crippen LogP contribution in [0.1, 0.15) is 41.0 Å². The minimum absolute atomic E-state index is 0.771. The Morgan fingerprint density at radius 1 is 1.14 bits per heavy atom. The lowest BCUT2D eigenvalue weighted by atomic mass is 9.85. The van der Waals surface area contributed by atoms with Gasteiger partial charge in [0.2, 0.25) is 0 Å². The molecule has 0 saturated carbocycles. The molecule has 14 heavy (non-hydrogen) atoms. The van der Waals surface area contributed by atoms with Gasteiger partial charge in [-0.15, -0.1) is 6.58 Å². The molecule has 1 nitrogen and oxygen atoms in total. The largest absolute Gasteiger partial charge is 0.316 e. The third-order valence-electron chi connectivity index (χ3n) is 2.82. The molecule has 0 radical (unpaired) electrons. The molecule has 84 valence electrons. The second-order valence-corrected chi connectivity index (χ2v) is 5.06. The highest BCUT2D eigenvalue weighted by molar-refractivity contribution is 4.88. The van der Waals surface area contributed by atoms with E-state index < -0.39 is 0 Å². The number of hydrogen-bond donors (Lipinski definition) is 1. The third kappa shape index (κ3) is 6.20. The first-order valence-electron chi connectivity index (χ1n) is 5.80. The standard InChI is InChI=1S/C13H27N/c1-10(2)7-8-14-9-13(11(3)4)12(5)6/h11-14H,1,7-9H2,2-6H3. The van der Waals surface area contributed by atoms with Gasteiger partial charge >= 0.3 is 0 Å². The Kier molecular flexibility index (Phi) is 6.90. The van der Waals surface area contributed by atoms with Crippen LogP contribution in [0.2, 0.25) is 0 Å². The summed E-state index contributed by atoms with van der Waals surface area (Å²) in [7, 11) is 0. The topological polar surface area (TPSA) is 12.0 Å². The van der Waals surface area contributed by atoms with Gasteiger partial charge in [-0.1, -0.05) is 33.3 Å². The molecule has 0 unspecified atom stereocenters. The lowest BCUT2D eigenvalue weighted by Gasteiger charge is -2.25. The smallest absolute Gasteiger partial charge is 0.00117 e. The van der Waals surface area contributed by atoms with E-state index in [2.05, 4.69) is 46.5 Å². The summed E-state index contributed by atoms with van der Waals surface area (Å²) in [4.78, 5) is 0. The summed E-state index contributed by atoms with van der Waals surface area (Å²) >= 11 is 0. The van der Waals surface area contributed by atoms with Crippen molar-refractivity contribution in [2.75, 3.05) is 13.1 Å². The van der Waals surface area contributed by atoms with Crippen molar-refractivity contribution in [3.8, 4) is 0 Å². The van der Waals surface area contributed by atoms with Crippen molar-refractivity contribution in [2.24, 2.45) is 17.8 Å². The lowest BCUT2D eigenvalue weighted by molar-refractivity contribution is 0.277. The summed E-state index contributed by atoms with van der Waals surface area (Å²) in [6.07, 6.45) is 1.10. The minimum atomic E-state index is 0.771. The van der Waals surface area contributed by atoms with Crippen LogP contribution in [0, 0.1) is 17.8 Å². The first kappa shape index (κ1) is 13.7. The molecule has 0 heterocycles. The molecule has 0 saturated heterocycles. The Balaban J connectivity index is 3.67. The van der Waals surface area contributed by atoms with Gasteiger partial charge in [-0.2, -0.15) is 0 Å². The van der Waals surface area contributed by atoms with Gasteiger partial charge in [0.15, 0.2) is 0 Å². The molecule has 0 spiro atoms. The maximum absolute atomic E-state index is 3.90. The van der Waals surface area contributed by atoms with Crippen LogP contribution in [0.4, 0.5) is 0 Å². The van der Waals surface area contributed by atoms with Crippen molar-refractivity contribution < 1.29 is 0 Å². The van der Waals surface area contributed by atoms with Gasteiger partial charge in [-0.25, -0.2) is 0 Å². The van der Waals surface area contributed by atoms with E-state index in [1.165, 1.54) is 5.57 Å².